The van der Waals surface area contributed by atoms with Gasteiger partial charge in [-0.2, -0.15) is 0 Å². The fourth-order valence-electron chi connectivity index (χ4n) is 1.80. The highest BCUT2D eigenvalue weighted by Gasteiger charge is 2.04. The molecule has 0 amide bonds. The minimum Gasteiger partial charge on any atom is -0.463 e. The van der Waals surface area contributed by atoms with Crippen molar-refractivity contribution in [1.82, 2.24) is 0 Å². The van der Waals surface area contributed by atoms with E-state index in [1.807, 2.05) is 0 Å². The summed E-state index contributed by atoms with van der Waals surface area (Å²) in [4.78, 5) is 22.7. The fraction of sp³-hybridized carbons (Fsp3) is 0.444. The summed E-state index contributed by atoms with van der Waals surface area (Å²) in [5.74, 6) is 0.0347. The van der Waals surface area contributed by atoms with Gasteiger partial charge in [-0.1, -0.05) is 38.3 Å². The van der Waals surface area contributed by atoms with Crippen LogP contribution >= 0.6 is 0 Å². The minimum absolute atomic E-state index is 0.264. The second-order valence-electron chi connectivity index (χ2n) is 4.92. The normalized spacial score (nSPS) is 10.5. The Labute approximate surface area is 137 Å². The van der Waals surface area contributed by atoms with Gasteiger partial charge in [0.15, 0.2) is 0 Å². The van der Waals surface area contributed by atoms with E-state index < -0.39 is 6.16 Å². The number of ether oxygens (including phenoxy) is 3. The summed E-state index contributed by atoms with van der Waals surface area (Å²) in [6, 6.07) is 6.73. The molecule has 0 saturated heterocycles. The lowest BCUT2D eigenvalue weighted by Gasteiger charge is -2.04. The van der Waals surface area contributed by atoms with Gasteiger partial charge in [0, 0.05) is 6.08 Å². The highest BCUT2D eigenvalue weighted by atomic mass is 16.7. The van der Waals surface area contributed by atoms with Crippen LogP contribution in [-0.2, 0) is 14.3 Å². The molecule has 0 aliphatic rings. The van der Waals surface area contributed by atoms with E-state index in [4.69, 9.17) is 9.47 Å². The molecule has 0 aliphatic carbocycles. The predicted molar refractivity (Wildman–Crippen MR) is 88.2 cm³/mol. The second-order valence-corrected chi connectivity index (χ2v) is 4.92. The molecule has 23 heavy (non-hydrogen) atoms. The molecule has 0 atom stereocenters. The van der Waals surface area contributed by atoms with Crippen LogP contribution in [0.15, 0.2) is 30.3 Å². The Hall–Kier alpha value is -2.30. The van der Waals surface area contributed by atoms with Gasteiger partial charge in [-0.3, -0.25) is 0 Å². The highest BCUT2D eigenvalue weighted by Crippen LogP contribution is 2.14. The summed E-state index contributed by atoms with van der Waals surface area (Å²) >= 11 is 0. The quantitative estimate of drug-likeness (QED) is 0.293. The summed E-state index contributed by atoms with van der Waals surface area (Å²) in [6.07, 6.45) is 6.60. The van der Waals surface area contributed by atoms with Crippen LogP contribution in [0.4, 0.5) is 4.79 Å². The number of hydrogen-bond acceptors (Lipinski definition) is 5. The molecular formula is C18H24O5. The van der Waals surface area contributed by atoms with Gasteiger partial charge in [0.2, 0.25) is 0 Å². The SMILES string of the molecule is CCCCCCOC(=O)C=Cc1ccc(OC(=O)OCC)cc1. The van der Waals surface area contributed by atoms with Crippen molar-refractivity contribution in [2.24, 2.45) is 0 Å². The van der Waals surface area contributed by atoms with Crippen molar-refractivity contribution < 1.29 is 23.8 Å². The highest BCUT2D eigenvalue weighted by molar-refractivity contribution is 5.87. The number of carbonyl (C=O) groups is 2. The average Bonchev–Trinajstić information content (AvgIpc) is 2.54. The van der Waals surface area contributed by atoms with Crippen LogP contribution in [0, 0.1) is 0 Å². The summed E-state index contributed by atoms with van der Waals surface area (Å²) in [7, 11) is 0. The zero-order valence-corrected chi connectivity index (χ0v) is 13.7. The van der Waals surface area contributed by atoms with Gasteiger partial charge in [0.1, 0.15) is 5.75 Å². The molecule has 0 heterocycles. The summed E-state index contributed by atoms with van der Waals surface area (Å²) in [6.45, 7) is 4.56. The van der Waals surface area contributed by atoms with Gasteiger partial charge in [-0.25, -0.2) is 9.59 Å². The average molecular weight is 320 g/mol. The van der Waals surface area contributed by atoms with E-state index in [-0.39, 0.29) is 12.6 Å². The van der Waals surface area contributed by atoms with E-state index in [0.717, 1.165) is 31.2 Å². The molecule has 5 nitrogen and oxygen atoms in total. The largest absolute Gasteiger partial charge is 0.513 e. The van der Waals surface area contributed by atoms with E-state index in [1.165, 1.54) is 6.08 Å². The maximum Gasteiger partial charge on any atom is 0.513 e. The van der Waals surface area contributed by atoms with Crippen LogP contribution in [0.3, 0.4) is 0 Å². The lowest BCUT2D eigenvalue weighted by molar-refractivity contribution is -0.137. The molecule has 0 fully saturated rings. The number of rotatable bonds is 9. The van der Waals surface area contributed by atoms with Crippen LogP contribution in [0.2, 0.25) is 0 Å². The number of hydrogen-bond donors (Lipinski definition) is 0. The molecule has 1 aromatic rings. The molecule has 0 aliphatic heterocycles. The molecule has 0 aromatic heterocycles. The van der Waals surface area contributed by atoms with Gasteiger partial charge in [0.05, 0.1) is 13.2 Å². The molecule has 1 aromatic carbocycles. The van der Waals surface area contributed by atoms with E-state index in [0.29, 0.717) is 12.4 Å². The molecule has 5 heteroatoms. The molecule has 0 saturated carbocycles. The van der Waals surface area contributed by atoms with E-state index >= 15 is 0 Å². The molecule has 0 radical (unpaired) electrons. The van der Waals surface area contributed by atoms with Crippen LogP contribution in [-0.4, -0.2) is 25.3 Å². The zero-order chi connectivity index (χ0) is 16.9. The van der Waals surface area contributed by atoms with Crippen LogP contribution in [0.1, 0.15) is 45.1 Å². The number of benzene rings is 1. The number of carbonyl (C=O) groups excluding carboxylic acids is 2. The Bertz CT molecular complexity index is 505. The molecule has 0 bridgehead atoms. The van der Waals surface area contributed by atoms with Gasteiger partial charge < -0.3 is 14.2 Å². The second kappa shape index (κ2) is 11.3. The fourth-order valence-corrected chi connectivity index (χ4v) is 1.80. The number of esters is 1. The van der Waals surface area contributed by atoms with Gasteiger partial charge in [-0.05, 0) is 37.1 Å². The Morgan fingerprint density at radius 2 is 1.74 bits per heavy atom. The summed E-state index contributed by atoms with van der Waals surface area (Å²) in [5, 5.41) is 0. The maximum absolute atomic E-state index is 11.5. The minimum atomic E-state index is -0.734. The lowest BCUT2D eigenvalue weighted by atomic mass is 10.2. The summed E-state index contributed by atoms with van der Waals surface area (Å²) in [5.41, 5.74) is 0.809. The van der Waals surface area contributed by atoms with Gasteiger partial charge in [-0.15, -0.1) is 0 Å². The van der Waals surface area contributed by atoms with E-state index in [9.17, 15) is 9.59 Å². The summed E-state index contributed by atoms with van der Waals surface area (Å²) < 4.78 is 14.7. The lowest BCUT2D eigenvalue weighted by Crippen LogP contribution is -2.09. The van der Waals surface area contributed by atoms with Crippen molar-refractivity contribution in [2.75, 3.05) is 13.2 Å². The van der Waals surface area contributed by atoms with E-state index in [2.05, 4.69) is 11.7 Å². The van der Waals surface area contributed by atoms with E-state index in [1.54, 1.807) is 37.3 Å². The zero-order valence-electron chi connectivity index (χ0n) is 13.7. The molecule has 126 valence electrons. The third kappa shape index (κ3) is 8.66. The molecule has 0 unspecified atom stereocenters. The number of unbranched alkanes of at least 4 members (excludes halogenated alkanes) is 3. The smallest absolute Gasteiger partial charge is 0.463 e. The first kappa shape index (κ1) is 18.7. The van der Waals surface area contributed by atoms with Crippen molar-refractivity contribution in [3.8, 4) is 5.75 Å². The van der Waals surface area contributed by atoms with Crippen molar-refractivity contribution in [1.29, 1.82) is 0 Å². The van der Waals surface area contributed by atoms with Crippen molar-refractivity contribution in [2.45, 2.75) is 39.5 Å². The third-order valence-electron chi connectivity index (χ3n) is 3.00. The standard InChI is InChI=1S/C18H24O5/c1-3-5-6-7-14-22-17(19)13-10-15-8-11-16(12-9-15)23-18(20)21-4-2/h8-13H,3-7,14H2,1-2H3. The Kier molecular flexibility index (Phi) is 9.20. The first-order valence-corrected chi connectivity index (χ1v) is 7.95. The topological polar surface area (TPSA) is 61.8 Å². The molecule has 0 N–H and O–H groups in total. The predicted octanol–water partition coefficient (Wildman–Crippen LogP) is 4.36. The van der Waals surface area contributed by atoms with Gasteiger partial charge in [0.25, 0.3) is 0 Å². The van der Waals surface area contributed by atoms with Crippen molar-refractivity contribution in [3.05, 3.63) is 35.9 Å². The van der Waals surface area contributed by atoms with Crippen LogP contribution in [0.5, 0.6) is 5.75 Å². The molecule has 0 spiro atoms. The van der Waals surface area contributed by atoms with Crippen molar-refractivity contribution >= 4 is 18.2 Å². The molecule has 1 rings (SSSR count). The Balaban J connectivity index is 2.36. The van der Waals surface area contributed by atoms with Crippen LogP contribution < -0.4 is 4.74 Å². The third-order valence-corrected chi connectivity index (χ3v) is 3.00. The first-order valence-electron chi connectivity index (χ1n) is 7.95. The van der Waals surface area contributed by atoms with Crippen LogP contribution in [0.25, 0.3) is 6.08 Å². The first-order chi connectivity index (χ1) is 11.2. The Morgan fingerprint density at radius 1 is 1.00 bits per heavy atom. The van der Waals surface area contributed by atoms with Crippen molar-refractivity contribution in [3.63, 3.8) is 0 Å². The monoisotopic (exact) mass is 320 g/mol. The maximum atomic E-state index is 11.5. The molecular weight excluding hydrogens is 296 g/mol. The van der Waals surface area contributed by atoms with Gasteiger partial charge >= 0.3 is 12.1 Å². The Morgan fingerprint density at radius 3 is 2.39 bits per heavy atom.